The molecule has 0 radical (unpaired) electrons. The number of thiophene rings is 1. The molecule has 0 bridgehead atoms. The van der Waals surface area contributed by atoms with Gasteiger partial charge in [0.2, 0.25) is 0 Å². The van der Waals surface area contributed by atoms with Crippen molar-refractivity contribution in [2.45, 2.75) is 4.21 Å². The lowest BCUT2D eigenvalue weighted by atomic mass is 10.1. The van der Waals surface area contributed by atoms with E-state index in [1.54, 1.807) is 28.5 Å². The van der Waals surface area contributed by atoms with Gasteiger partial charge in [-0.1, -0.05) is 6.07 Å². The Morgan fingerprint density at radius 2 is 1.62 bits per heavy atom. The fraction of sp³-hybridized carbons (Fsp3) is 0.353. The van der Waals surface area contributed by atoms with Crippen LogP contribution in [0.15, 0.2) is 46.0 Å². The Bertz CT molecular complexity index is 1060. The molecule has 12 heteroatoms. The monoisotopic (exact) mass is 458 g/mol. The largest absolute Gasteiger partial charge is 0.336 e. The predicted octanol–water partition coefficient (Wildman–Crippen LogP) is 1.11. The van der Waals surface area contributed by atoms with Gasteiger partial charge in [0.15, 0.2) is 0 Å². The maximum atomic E-state index is 12.7. The van der Waals surface area contributed by atoms with Crippen LogP contribution in [-0.2, 0) is 20.2 Å². The Kier molecular flexibility index (Phi) is 6.29. The SMILES string of the molecule is CN(C)S(=O)(=O)N1CCN(C(=O)c2ccc(NS(=O)(=O)c3cccs3)cc2)CC1. The van der Waals surface area contributed by atoms with E-state index in [4.69, 9.17) is 0 Å². The summed E-state index contributed by atoms with van der Waals surface area (Å²) in [4.78, 5) is 14.3. The lowest BCUT2D eigenvalue weighted by Gasteiger charge is -2.35. The second-order valence-electron chi connectivity index (χ2n) is 6.60. The summed E-state index contributed by atoms with van der Waals surface area (Å²) in [7, 11) is -4.19. The molecule has 3 rings (SSSR count). The normalized spacial score (nSPS) is 16.2. The maximum Gasteiger partial charge on any atom is 0.281 e. The maximum absolute atomic E-state index is 12.7. The van der Waals surface area contributed by atoms with Crippen molar-refractivity contribution in [2.75, 3.05) is 45.0 Å². The standard InChI is InChI=1S/C17H22N4O5S3/c1-19(2)29(25,26)21-11-9-20(10-12-21)17(22)14-5-7-15(8-6-14)18-28(23,24)16-4-3-13-27-16/h3-8,13,18H,9-12H2,1-2H3. The summed E-state index contributed by atoms with van der Waals surface area (Å²) < 4.78 is 54.0. The van der Waals surface area contributed by atoms with Crippen molar-refractivity contribution >= 4 is 43.2 Å². The lowest BCUT2D eigenvalue weighted by molar-refractivity contribution is 0.0695. The Hall–Kier alpha value is -1.99. The topological polar surface area (TPSA) is 107 Å². The molecule has 1 saturated heterocycles. The molecular weight excluding hydrogens is 436 g/mol. The highest BCUT2D eigenvalue weighted by molar-refractivity contribution is 7.94. The smallest absolute Gasteiger partial charge is 0.281 e. The fourth-order valence-corrected chi connectivity index (χ4v) is 5.98. The van der Waals surface area contributed by atoms with Crippen LogP contribution < -0.4 is 4.72 Å². The molecule has 1 aromatic heterocycles. The molecule has 1 fully saturated rings. The summed E-state index contributed by atoms with van der Waals surface area (Å²) in [5.74, 6) is -0.223. The van der Waals surface area contributed by atoms with Crippen LogP contribution in [0, 0.1) is 0 Å². The van der Waals surface area contributed by atoms with E-state index in [1.807, 2.05) is 0 Å². The quantitative estimate of drug-likeness (QED) is 0.698. The number of benzene rings is 1. The third kappa shape index (κ3) is 4.78. The first kappa shape index (κ1) is 21.7. The molecular formula is C17H22N4O5S3. The zero-order valence-electron chi connectivity index (χ0n) is 16.0. The van der Waals surface area contributed by atoms with Gasteiger partial charge < -0.3 is 4.90 Å². The first-order chi connectivity index (χ1) is 13.6. The van der Waals surface area contributed by atoms with Gasteiger partial charge in [-0.05, 0) is 35.7 Å². The van der Waals surface area contributed by atoms with Crippen LogP contribution in [0.3, 0.4) is 0 Å². The van der Waals surface area contributed by atoms with E-state index < -0.39 is 20.2 Å². The number of piperazine rings is 1. The van der Waals surface area contributed by atoms with Gasteiger partial charge in [-0.3, -0.25) is 9.52 Å². The van der Waals surface area contributed by atoms with Crippen LogP contribution in [0.1, 0.15) is 10.4 Å². The van der Waals surface area contributed by atoms with Crippen LogP contribution >= 0.6 is 11.3 Å². The molecule has 0 unspecified atom stereocenters. The third-order valence-electron chi connectivity index (χ3n) is 4.46. The van der Waals surface area contributed by atoms with Gasteiger partial charge in [-0.15, -0.1) is 11.3 Å². The van der Waals surface area contributed by atoms with Crippen molar-refractivity contribution in [1.82, 2.24) is 13.5 Å². The molecule has 158 valence electrons. The van der Waals surface area contributed by atoms with Crippen LogP contribution in [0.4, 0.5) is 5.69 Å². The number of rotatable bonds is 6. The number of nitrogens with one attached hydrogen (secondary N) is 1. The first-order valence-corrected chi connectivity index (χ1v) is 12.5. The fourth-order valence-electron chi connectivity index (χ4n) is 2.84. The van der Waals surface area contributed by atoms with Crippen molar-refractivity contribution in [2.24, 2.45) is 0 Å². The van der Waals surface area contributed by atoms with E-state index >= 15 is 0 Å². The highest BCUT2D eigenvalue weighted by Gasteiger charge is 2.30. The summed E-state index contributed by atoms with van der Waals surface area (Å²) in [6.07, 6.45) is 0. The second kappa shape index (κ2) is 8.40. The van der Waals surface area contributed by atoms with Crippen LogP contribution in [0.25, 0.3) is 0 Å². The minimum atomic E-state index is -3.64. The van der Waals surface area contributed by atoms with Gasteiger partial charge in [0, 0.05) is 51.5 Å². The van der Waals surface area contributed by atoms with Gasteiger partial charge in [-0.25, -0.2) is 8.42 Å². The number of carbonyl (C=O) groups excluding carboxylic acids is 1. The number of nitrogens with zero attached hydrogens (tertiary/aromatic N) is 3. The van der Waals surface area contributed by atoms with Crippen molar-refractivity contribution in [3.8, 4) is 0 Å². The van der Waals surface area contributed by atoms with Gasteiger partial charge in [0.05, 0.1) is 0 Å². The highest BCUT2D eigenvalue weighted by atomic mass is 32.2. The summed E-state index contributed by atoms with van der Waals surface area (Å²) in [6.45, 7) is 1.03. The van der Waals surface area contributed by atoms with Crippen molar-refractivity contribution in [3.63, 3.8) is 0 Å². The molecule has 0 atom stereocenters. The zero-order valence-corrected chi connectivity index (χ0v) is 18.4. The van der Waals surface area contributed by atoms with Crippen molar-refractivity contribution in [3.05, 3.63) is 47.3 Å². The summed E-state index contributed by atoms with van der Waals surface area (Å²) in [5.41, 5.74) is 0.768. The molecule has 1 aliphatic rings. The molecule has 0 spiro atoms. The number of sulfonamides is 1. The average molecular weight is 459 g/mol. The molecule has 2 heterocycles. The molecule has 1 aliphatic heterocycles. The van der Waals surface area contributed by atoms with E-state index in [-0.39, 0.29) is 23.2 Å². The molecule has 0 aliphatic carbocycles. The number of hydrogen-bond acceptors (Lipinski definition) is 6. The molecule has 2 aromatic rings. The second-order valence-corrected chi connectivity index (χ2v) is 11.6. The molecule has 1 amide bonds. The summed E-state index contributed by atoms with van der Waals surface area (Å²) in [5, 5.41) is 1.68. The number of amides is 1. The van der Waals surface area contributed by atoms with Gasteiger partial charge in [-0.2, -0.15) is 17.0 Å². The van der Waals surface area contributed by atoms with Gasteiger partial charge in [0.25, 0.3) is 26.1 Å². The van der Waals surface area contributed by atoms with E-state index in [0.29, 0.717) is 24.3 Å². The Morgan fingerprint density at radius 1 is 1.00 bits per heavy atom. The zero-order chi connectivity index (χ0) is 21.2. The summed E-state index contributed by atoms with van der Waals surface area (Å²) in [6, 6.07) is 9.34. The van der Waals surface area contributed by atoms with Crippen LogP contribution in [0.2, 0.25) is 0 Å². The van der Waals surface area contributed by atoms with E-state index in [0.717, 1.165) is 15.6 Å². The van der Waals surface area contributed by atoms with Crippen LogP contribution in [0.5, 0.6) is 0 Å². The number of carbonyl (C=O) groups is 1. The van der Waals surface area contributed by atoms with E-state index in [2.05, 4.69) is 4.72 Å². The predicted molar refractivity (Wildman–Crippen MR) is 112 cm³/mol. The minimum Gasteiger partial charge on any atom is -0.336 e. The lowest BCUT2D eigenvalue weighted by Crippen LogP contribution is -2.53. The average Bonchev–Trinajstić information content (AvgIpc) is 3.24. The Morgan fingerprint density at radius 3 is 2.14 bits per heavy atom. The summed E-state index contributed by atoms with van der Waals surface area (Å²) >= 11 is 1.12. The molecule has 29 heavy (non-hydrogen) atoms. The van der Waals surface area contributed by atoms with E-state index in [9.17, 15) is 21.6 Å². The van der Waals surface area contributed by atoms with Crippen LogP contribution in [-0.4, -0.2) is 76.5 Å². The third-order valence-corrected chi connectivity index (χ3v) is 9.18. The number of hydrogen-bond donors (Lipinski definition) is 1. The molecule has 1 aromatic carbocycles. The van der Waals surface area contributed by atoms with Crippen molar-refractivity contribution < 1.29 is 21.6 Å². The Balaban J connectivity index is 1.63. The molecule has 0 saturated carbocycles. The van der Waals surface area contributed by atoms with Crippen molar-refractivity contribution in [1.29, 1.82) is 0 Å². The van der Waals surface area contributed by atoms with Gasteiger partial charge >= 0.3 is 0 Å². The molecule has 1 N–H and O–H groups in total. The highest BCUT2D eigenvalue weighted by Crippen LogP contribution is 2.21. The number of anilines is 1. The molecule has 9 nitrogen and oxygen atoms in total. The van der Waals surface area contributed by atoms with Gasteiger partial charge in [0.1, 0.15) is 4.21 Å². The minimum absolute atomic E-state index is 0.211. The van der Waals surface area contributed by atoms with E-state index in [1.165, 1.54) is 36.6 Å². The first-order valence-electron chi connectivity index (χ1n) is 8.74. The Labute approximate surface area is 174 Å².